The zero-order valence-corrected chi connectivity index (χ0v) is 15.4. The van der Waals surface area contributed by atoms with Crippen molar-refractivity contribution in [1.82, 2.24) is 5.32 Å². The second-order valence-electron chi connectivity index (χ2n) is 6.66. The fourth-order valence-electron chi connectivity index (χ4n) is 2.80. The molecule has 2 nitrogen and oxygen atoms in total. The van der Waals surface area contributed by atoms with Crippen molar-refractivity contribution in [1.29, 1.82) is 0 Å². The Balaban J connectivity index is 2.20. The maximum atomic E-state index is 13.3. The summed E-state index contributed by atoms with van der Waals surface area (Å²) in [6, 6.07) is 1.89. The molecule has 0 atom stereocenters. The highest BCUT2D eigenvalue weighted by Crippen LogP contribution is 2.30. The Morgan fingerprint density at radius 2 is 1.42 bits per heavy atom. The first-order valence-electron chi connectivity index (χ1n) is 9.50. The number of halogens is 4. The van der Waals surface area contributed by atoms with Crippen molar-refractivity contribution < 1.29 is 22.4 Å². The number of rotatable bonds is 12. The molecule has 6 heteroatoms. The average molecular weight is 375 g/mol. The van der Waals surface area contributed by atoms with Gasteiger partial charge in [-0.2, -0.15) is 13.2 Å². The molecule has 0 saturated heterocycles. The first-order chi connectivity index (χ1) is 12.3. The third-order valence-electron chi connectivity index (χ3n) is 4.30. The van der Waals surface area contributed by atoms with Gasteiger partial charge in [-0.25, -0.2) is 4.39 Å². The summed E-state index contributed by atoms with van der Waals surface area (Å²) in [7, 11) is 0. The number of benzene rings is 1. The Labute approximate surface area is 153 Å². The molecule has 0 fully saturated rings. The normalized spacial score (nSPS) is 11.6. The minimum atomic E-state index is -4.67. The largest absolute Gasteiger partial charge is 0.416 e. The van der Waals surface area contributed by atoms with Crippen LogP contribution in [-0.2, 0) is 6.18 Å². The lowest BCUT2D eigenvalue weighted by molar-refractivity contribution is -0.137. The Morgan fingerprint density at radius 1 is 0.885 bits per heavy atom. The van der Waals surface area contributed by atoms with E-state index in [1.54, 1.807) is 0 Å². The average Bonchev–Trinajstić information content (AvgIpc) is 2.58. The molecule has 1 amide bonds. The van der Waals surface area contributed by atoms with E-state index in [2.05, 4.69) is 12.2 Å². The SMILES string of the molecule is CCCCCCCCCCCCNC(=O)c1cc(F)cc(C(F)(F)F)c1. The van der Waals surface area contributed by atoms with Crippen molar-refractivity contribution in [3.8, 4) is 0 Å². The second kappa shape index (κ2) is 11.9. The first-order valence-corrected chi connectivity index (χ1v) is 9.50. The maximum Gasteiger partial charge on any atom is 0.416 e. The monoisotopic (exact) mass is 375 g/mol. The molecule has 1 aromatic rings. The van der Waals surface area contributed by atoms with Gasteiger partial charge in [0.25, 0.3) is 5.91 Å². The van der Waals surface area contributed by atoms with Crippen LogP contribution in [0.2, 0.25) is 0 Å². The molecule has 0 radical (unpaired) electrons. The predicted molar refractivity (Wildman–Crippen MR) is 95.6 cm³/mol. The van der Waals surface area contributed by atoms with Crippen LogP contribution >= 0.6 is 0 Å². The Bertz CT molecular complexity index is 543. The van der Waals surface area contributed by atoms with Gasteiger partial charge in [-0.05, 0) is 24.6 Å². The molecule has 0 aliphatic carbocycles. The topological polar surface area (TPSA) is 29.1 Å². The standard InChI is InChI=1S/C20H29F4NO/c1-2-3-4-5-6-7-8-9-10-11-12-25-19(26)16-13-17(20(22,23)24)15-18(21)14-16/h13-15H,2-12H2,1H3,(H,25,26). The van der Waals surface area contributed by atoms with Gasteiger partial charge in [0, 0.05) is 12.1 Å². The van der Waals surface area contributed by atoms with Crippen LogP contribution in [-0.4, -0.2) is 12.5 Å². The summed E-state index contributed by atoms with van der Waals surface area (Å²) in [5.41, 5.74) is -1.45. The van der Waals surface area contributed by atoms with Crippen molar-refractivity contribution in [2.75, 3.05) is 6.54 Å². The Hall–Kier alpha value is -1.59. The third-order valence-corrected chi connectivity index (χ3v) is 4.30. The van der Waals surface area contributed by atoms with E-state index in [9.17, 15) is 22.4 Å². The molecular weight excluding hydrogens is 346 g/mol. The number of unbranched alkanes of at least 4 members (excludes halogenated alkanes) is 9. The van der Waals surface area contributed by atoms with Crippen molar-refractivity contribution in [2.45, 2.75) is 77.3 Å². The van der Waals surface area contributed by atoms with E-state index in [1.165, 1.54) is 44.9 Å². The van der Waals surface area contributed by atoms with E-state index in [-0.39, 0.29) is 5.56 Å². The summed E-state index contributed by atoms with van der Waals surface area (Å²) < 4.78 is 51.3. The van der Waals surface area contributed by atoms with Crippen molar-refractivity contribution in [3.05, 3.63) is 35.1 Å². The smallest absolute Gasteiger partial charge is 0.352 e. The van der Waals surface area contributed by atoms with Gasteiger partial charge in [-0.3, -0.25) is 4.79 Å². The number of carbonyl (C=O) groups is 1. The molecule has 1 aromatic carbocycles. The first kappa shape index (κ1) is 22.5. The van der Waals surface area contributed by atoms with Crippen molar-refractivity contribution in [3.63, 3.8) is 0 Å². The fourth-order valence-corrected chi connectivity index (χ4v) is 2.80. The number of hydrogen-bond acceptors (Lipinski definition) is 1. The van der Waals surface area contributed by atoms with E-state index in [0.717, 1.165) is 25.3 Å². The number of hydrogen-bond donors (Lipinski definition) is 1. The molecule has 0 aliphatic heterocycles. The van der Waals surface area contributed by atoms with Crippen molar-refractivity contribution >= 4 is 5.91 Å². The van der Waals surface area contributed by atoms with Crippen LogP contribution in [0.25, 0.3) is 0 Å². The van der Waals surface area contributed by atoms with Crippen LogP contribution in [0.15, 0.2) is 18.2 Å². The van der Waals surface area contributed by atoms with Crippen LogP contribution in [0.1, 0.15) is 87.1 Å². The van der Waals surface area contributed by atoms with E-state index < -0.39 is 23.5 Å². The third kappa shape index (κ3) is 9.20. The number of alkyl halides is 3. The maximum absolute atomic E-state index is 13.3. The molecule has 1 N–H and O–H groups in total. The van der Waals surface area contributed by atoms with Crippen LogP contribution in [0, 0.1) is 5.82 Å². The van der Waals surface area contributed by atoms with Gasteiger partial charge in [-0.15, -0.1) is 0 Å². The lowest BCUT2D eigenvalue weighted by atomic mass is 10.1. The van der Waals surface area contributed by atoms with Gasteiger partial charge in [0.05, 0.1) is 5.56 Å². The number of amides is 1. The summed E-state index contributed by atoms with van der Waals surface area (Å²) in [4.78, 5) is 11.9. The minimum absolute atomic E-state index is 0.301. The highest BCUT2D eigenvalue weighted by Gasteiger charge is 2.31. The van der Waals surface area contributed by atoms with Crippen LogP contribution in [0.5, 0.6) is 0 Å². The molecule has 0 bridgehead atoms. The number of nitrogens with one attached hydrogen (secondary N) is 1. The highest BCUT2D eigenvalue weighted by molar-refractivity contribution is 5.94. The van der Waals surface area contributed by atoms with Crippen LogP contribution in [0.4, 0.5) is 17.6 Å². The van der Waals surface area contributed by atoms with E-state index in [4.69, 9.17) is 0 Å². The second-order valence-corrected chi connectivity index (χ2v) is 6.66. The molecule has 0 spiro atoms. The zero-order valence-electron chi connectivity index (χ0n) is 15.4. The van der Waals surface area contributed by atoms with Gasteiger partial charge in [0.1, 0.15) is 5.82 Å². The summed E-state index contributed by atoms with van der Waals surface area (Å²) in [6.07, 6.45) is 6.94. The van der Waals surface area contributed by atoms with Gasteiger partial charge >= 0.3 is 6.18 Å². The molecule has 0 saturated carbocycles. The molecule has 26 heavy (non-hydrogen) atoms. The lowest BCUT2D eigenvalue weighted by Crippen LogP contribution is -2.25. The van der Waals surface area contributed by atoms with Crippen LogP contribution < -0.4 is 5.32 Å². The Kier molecular flexibility index (Phi) is 10.3. The Morgan fingerprint density at radius 3 is 1.96 bits per heavy atom. The number of carbonyl (C=O) groups excluding carboxylic acids is 1. The van der Waals surface area contributed by atoms with E-state index in [0.29, 0.717) is 18.7 Å². The molecule has 0 aromatic heterocycles. The quantitative estimate of drug-likeness (QED) is 0.328. The predicted octanol–water partition coefficient (Wildman–Crippen LogP) is 6.50. The minimum Gasteiger partial charge on any atom is -0.352 e. The molecule has 0 heterocycles. The molecule has 0 aliphatic rings. The zero-order chi connectivity index (χ0) is 19.4. The molecule has 1 rings (SSSR count). The van der Waals surface area contributed by atoms with Gasteiger partial charge in [0.15, 0.2) is 0 Å². The summed E-state index contributed by atoms with van der Waals surface area (Å²) in [5.74, 6) is -1.74. The molecule has 0 unspecified atom stereocenters. The summed E-state index contributed by atoms with van der Waals surface area (Å²) in [6.45, 7) is 2.58. The van der Waals surface area contributed by atoms with E-state index in [1.807, 2.05) is 0 Å². The fraction of sp³-hybridized carbons (Fsp3) is 0.650. The lowest BCUT2D eigenvalue weighted by Gasteiger charge is -2.10. The van der Waals surface area contributed by atoms with Gasteiger partial charge in [0.2, 0.25) is 0 Å². The summed E-state index contributed by atoms with van der Waals surface area (Å²) in [5, 5.41) is 2.56. The summed E-state index contributed by atoms with van der Waals surface area (Å²) >= 11 is 0. The molecule has 148 valence electrons. The van der Waals surface area contributed by atoms with E-state index >= 15 is 0 Å². The molecular formula is C20H29F4NO. The van der Waals surface area contributed by atoms with Crippen LogP contribution in [0.3, 0.4) is 0 Å². The highest BCUT2D eigenvalue weighted by atomic mass is 19.4. The van der Waals surface area contributed by atoms with Crippen molar-refractivity contribution in [2.24, 2.45) is 0 Å². The van der Waals surface area contributed by atoms with Gasteiger partial charge in [-0.1, -0.05) is 64.7 Å². The van der Waals surface area contributed by atoms with Gasteiger partial charge < -0.3 is 5.32 Å².